The maximum atomic E-state index is 12.7. The van der Waals surface area contributed by atoms with Gasteiger partial charge in [0, 0.05) is 24.6 Å². The number of piperidine rings is 1. The van der Waals surface area contributed by atoms with Crippen LogP contribution in [-0.2, 0) is 13.2 Å². The predicted molar refractivity (Wildman–Crippen MR) is 153 cm³/mol. The highest BCUT2D eigenvalue weighted by atomic mass is 35.5. The average molecular weight is 590 g/mol. The minimum atomic E-state index is -4.21. The lowest BCUT2D eigenvalue weighted by Gasteiger charge is -2.27. The minimum Gasteiger partial charge on any atom is -0.493 e. The Morgan fingerprint density at radius 3 is 2.44 bits per heavy atom. The quantitative estimate of drug-likeness (QED) is 0.222. The van der Waals surface area contributed by atoms with Gasteiger partial charge >= 0.3 is 6.18 Å². The van der Waals surface area contributed by atoms with E-state index in [1.54, 1.807) is 6.07 Å². The Labute approximate surface area is 244 Å². The van der Waals surface area contributed by atoms with Crippen LogP contribution in [0.15, 0.2) is 48.5 Å². The largest absolute Gasteiger partial charge is 0.493 e. The molecular weight excluding hydrogens is 555 g/mol. The number of likely N-dealkylation sites (tertiary alicyclic amines) is 1. The standard InChI is InChI=1S/C32H35ClF3NO4/c1-22-24(7-5-8-26(22)23-9-10-28-31(18-23)40-16-15-39-28)21-41-30-19-29(38-14-6-11-32(34,35)36)25(17-27(30)33)20-37-12-3-2-4-13-37/h5,7-10,17-19H,2-4,6,11-16,20-21H2,1H3. The van der Waals surface area contributed by atoms with Crippen molar-refractivity contribution in [2.75, 3.05) is 32.9 Å². The molecule has 0 atom stereocenters. The average Bonchev–Trinajstić information content (AvgIpc) is 2.96. The lowest BCUT2D eigenvalue weighted by atomic mass is 9.96. The van der Waals surface area contributed by atoms with Gasteiger partial charge in [0.25, 0.3) is 0 Å². The SMILES string of the molecule is Cc1c(COc2cc(OCCCC(F)(F)F)c(CN3CCCCC3)cc2Cl)cccc1-c1ccc2c(c1)OCCO2. The van der Waals surface area contributed by atoms with Crippen LogP contribution in [0.2, 0.25) is 5.02 Å². The molecule has 41 heavy (non-hydrogen) atoms. The monoisotopic (exact) mass is 589 g/mol. The summed E-state index contributed by atoms with van der Waals surface area (Å²) in [5.74, 6) is 2.42. The van der Waals surface area contributed by atoms with E-state index in [0.29, 0.717) is 36.3 Å². The van der Waals surface area contributed by atoms with E-state index in [4.69, 9.17) is 30.5 Å². The molecule has 3 aromatic rings. The van der Waals surface area contributed by atoms with Gasteiger partial charge in [-0.05, 0) is 79.7 Å². The fourth-order valence-electron chi connectivity index (χ4n) is 5.28. The number of halogens is 4. The molecule has 0 saturated carbocycles. The van der Waals surface area contributed by atoms with Crippen molar-refractivity contribution in [3.63, 3.8) is 0 Å². The van der Waals surface area contributed by atoms with Crippen molar-refractivity contribution < 1.29 is 32.1 Å². The van der Waals surface area contributed by atoms with Crippen molar-refractivity contribution in [2.24, 2.45) is 0 Å². The first-order chi connectivity index (χ1) is 19.8. The number of benzene rings is 3. The summed E-state index contributed by atoms with van der Waals surface area (Å²) in [5, 5.41) is 0.445. The van der Waals surface area contributed by atoms with Gasteiger partial charge < -0.3 is 18.9 Å². The van der Waals surface area contributed by atoms with Gasteiger partial charge in [-0.15, -0.1) is 0 Å². The Hall–Kier alpha value is -3.10. The van der Waals surface area contributed by atoms with Crippen LogP contribution < -0.4 is 18.9 Å². The van der Waals surface area contributed by atoms with Gasteiger partial charge in [0.05, 0.1) is 11.6 Å². The van der Waals surface area contributed by atoms with E-state index in [1.165, 1.54) is 6.42 Å². The lowest BCUT2D eigenvalue weighted by molar-refractivity contribution is -0.136. The zero-order chi connectivity index (χ0) is 28.8. The molecule has 1 saturated heterocycles. The molecule has 0 bridgehead atoms. The van der Waals surface area contributed by atoms with Crippen LogP contribution in [0.3, 0.4) is 0 Å². The number of alkyl halides is 3. The first kappa shape index (κ1) is 29.4. The predicted octanol–water partition coefficient (Wildman–Crippen LogP) is 8.37. The van der Waals surface area contributed by atoms with Crippen LogP contribution in [0.25, 0.3) is 11.1 Å². The molecule has 0 N–H and O–H groups in total. The molecule has 5 nitrogen and oxygen atoms in total. The van der Waals surface area contributed by atoms with E-state index in [9.17, 15) is 13.2 Å². The summed E-state index contributed by atoms with van der Waals surface area (Å²) in [6, 6.07) is 15.5. The van der Waals surface area contributed by atoms with Crippen molar-refractivity contribution in [3.8, 4) is 34.1 Å². The molecule has 2 aliphatic heterocycles. The van der Waals surface area contributed by atoms with Gasteiger partial charge in [-0.3, -0.25) is 4.90 Å². The molecule has 9 heteroatoms. The minimum absolute atomic E-state index is 0.0374. The fraction of sp³-hybridized carbons (Fsp3) is 0.438. The normalized spacial score (nSPS) is 15.5. The molecule has 2 heterocycles. The molecule has 3 aromatic carbocycles. The molecule has 2 aliphatic rings. The Morgan fingerprint density at radius 1 is 0.878 bits per heavy atom. The molecule has 5 rings (SSSR count). The molecule has 0 aliphatic carbocycles. The van der Waals surface area contributed by atoms with Crippen LogP contribution in [0.1, 0.15) is 48.8 Å². The van der Waals surface area contributed by atoms with E-state index in [2.05, 4.69) is 11.0 Å². The number of hydrogen-bond acceptors (Lipinski definition) is 5. The maximum absolute atomic E-state index is 12.7. The third-order valence-electron chi connectivity index (χ3n) is 7.50. The third-order valence-corrected chi connectivity index (χ3v) is 7.80. The summed E-state index contributed by atoms with van der Waals surface area (Å²) >= 11 is 6.67. The van der Waals surface area contributed by atoms with Crippen LogP contribution in [-0.4, -0.2) is 44.0 Å². The van der Waals surface area contributed by atoms with Gasteiger partial charge in [-0.2, -0.15) is 13.2 Å². The third kappa shape index (κ3) is 7.80. The molecule has 220 valence electrons. The zero-order valence-corrected chi connectivity index (χ0v) is 24.0. The van der Waals surface area contributed by atoms with E-state index < -0.39 is 12.6 Å². The Morgan fingerprint density at radius 2 is 1.66 bits per heavy atom. The molecular formula is C32H35ClF3NO4. The van der Waals surface area contributed by atoms with Crippen molar-refractivity contribution >= 4 is 11.6 Å². The van der Waals surface area contributed by atoms with Crippen molar-refractivity contribution in [1.82, 2.24) is 4.90 Å². The van der Waals surface area contributed by atoms with Crippen LogP contribution in [0, 0.1) is 6.92 Å². The highest BCUT2D eigenvalue weighted by molar-refractivity contribution is 6.32. The molecule has 0 aromatic heterocycles. The molecule has 0 unspecified atom stereocenters. The second-order valence-corrected chi connectivity index (χ2v) is 10.9. The summed E-state index contributed by atoms with van der Waals surface area (Å²) in [4.78, 5) is 2.32. The van der Waals surface area contributed by atoms with Crippen LogP contribution in [0.5, 0.6) is 23.0 Å². The van der Waals surface area contributed by atoms with Gasteiger partial charge in [0.15, 0.2) is 11.5 Å². The van der Waals surface area contributed by atoms with Crippen LogP contribution >= 0.6 is 11.6 Å². The lowest BCUT2D eigenvalue weighted by Crippen LogP contribution is -2.29. The molecule has 0 amide bonds. The van der Waals surface area contributed by atoms with Gasteiger partial charge in [0.1, 0.15) is 31.3 Å². The van der Waals surface area contributed by atoms with E-state index in [0.717, 1.165) is 65.2 Å². The molecule has 0 radical (unpaired) electrons. The smallest absolute Gasteiger partial charge is 0.389 e. The van der Waals surface area contributed by atoms with E-state index in [-0.39, 0.29) is 19.6 Å². The van der Waals surface area contributed by atoms with Crippen LogP contribution in [0.4, 0.5) is 13.2 Å². The first-order valence-electron chi connectivity index (χ1n) is 14.1. The molecule has 0 spiro atoms. The second kappa shape index (κ2) is 13.3. The van der Waals surface area contributed by atoms with Crippen molar-refractivity contribution in [3.05, 3.63) is 70.2 Å². The van der Waals surface area contributed by atoms with Crippen molar-refractivity contribution in [2.45, 2.75) is 58.4 Å². The number of fused-ring (bicyclic) bond motifs is 1. The van der Waals surface area contributed by atoms with E-state index >= 15 is 0 Å². The first-order valence-corrected chi connectivity index (χ1v) is 14.5. The zero-order valence-electron chi connectivity index (χ0n) is 23.2. The number of rotatable bonds is 10. The summed E-state index contributed by atoms with van der Waals surface area (Å²) in [5.41, 5.74) is 4.97. The number of ether oxygens (including phenoxy) is 4. The van der Waals surface area contributed by atoms with Gasteiger partial charge in [0.2, 0.25) is 0 Å². The molecule has 1 fully saturated rings. The summed E-state index contributed by atoms with van der Waals surface area (Å²) in [6.07, 6.45) is -1.74. The Kier molecular flexibility index (Phi) is 9.50. The maximum Gasteiger partial charge on any atom is 0.389 e. The van der Waals surface area contributed by atoms with E-state index in [1.807, 2.05) is 43.3 Å². The van der Waals surface area contributed by atoms with Gasteiger partial charge in [-0.1, -0.05) is 42.3 Å². The number of hydrogen-bond donors (Lipinski definition) is 0. The van der Waals surface area contributed by atoms with Gasteiger partial charge in [-0.25, -0.2) is 0 Å². The summed E-state index contributed by atoms with van der Waals surface area (Å²) in [6.45, 7) is 5.92. The van der Waals surface area contributed by atoms with Crippen molar-refractivity contribution in [1.29, 1.82) is 0 Å². The highest BCUT2D eigenvalue weighted by Gasteiger charge is 2.26. The summed E-state index contributed by atoms with van der Waals surface area (Å²) < 4.78 is 61.5. The number of nitrogens with zero attached hydrogens (tertiary/aromatic N) is 1. The second-order valence-electron chi connectivity index (χ2n) is 10.5. The Bertz CT molecular complexity index is 1340. The fourth-order valence-corrected chi connectivity index (χ4v) is 5.52. The summed E-state index contributed by atoms with van der Waals surface area (Å²) in [7, 11) is 0. The Balaban J connectivity index is 1.33. The highest BCUT2D eigenvalue weighted by Crippen LogP contribution is 2.38. The topological polar surface area (TPSA) is 40.2 Å².